The van der Waals surface area contributed by atoms with Crippen molar-refractivity contribution < 1.29 is 9.90 Å². The van der Waals surface area contributed by atoms with Gasteiger partial charge in [-0.3, -0.25) is 9.69 Å². The minimum Gasteiger partial charge on any atom is -0.392 e. The summed E-state index contributed by atoms with van der Waals surface area (Å²) in [6.45, 7) is 6.71. The molecule has 2 aliphatic rings. The van der Waals surface area contributed by atoms with Crippen LogP contribution in [-0.2, 0) is 11.3 Å². The molecule has 0 saturated carbocycles. The second-order valence-electron chi connectivity index (χ2n) is 5.81. The summed E-state index contributed by atoms with van der Waals surface area (Å²) in [6, 6.07) is -0.201. The highest BCUT2D eigenvalue weighted by Crippen LogP contribution is 2.14. The van der Waals surface area contributed by atoms with Crippen LogP contribution in [0.4, 0.5) is 0 Å². The number of aromatic nitrogens is 1. The molecule has 116 valence electrons. The van der Waals surface area contributed by atoms with Crippen LogP contribution in [0.3, 0.4) is 0 Å². The smallest absolute Gasteiger partial charge is 0.239 e. The molecule has 21 heavy (non-hydrogen) atoms. The largest absolute Gasteiger partial charge is 0.392 e. The fourth-order valence-electron chi connectivity index (χ4n) is 2.96. The van der Waals surface area contributed by atoms with Crippen LogP contribution in [0.25, 0.3) is 0 Å². The molecule has 0 bridgehead atoms. The van der Waals surface area contributed by atoms with E-state index in [1.807, 2.05) is 11.8 Å². The number of thiazole rings is 1. The number of piperazine rings is 1. The molecular weight excluding hydrogens is 288 g/mol. The Morgan fingerprint density at radius 3 is 2.81 bits per heavy atom. The van der Waals surface area contributed by atoms with E-state index in [4.69, 9.17) is 0 Å². The number of carbonyl (C=O) groups is 1. The van der Waals surface area contributed by atoms with E-state index < -0.39 is 0 Å². The monoisotopic (exact) mass is 310 g/mol. The molecule has 1 aromatic heterocycles. The predicted octanol–water partition coefficient (Wildman–Crippen LogP) is -0.181. The molecule has 1 amide bonds. The van der Waals surface area contributed by atoms with Gasteiger partial charge in [-0.05, 0) is 13.3 Å². The summed E-state index contributed by atoms with van der Waals surface area (Å²) in [5.41, 5.74) is 1.12. The minimum absolute atomic E-state index is 0.135. The first-order valence-electron chi connectivity index (χ1n) is 7.45. The number of rotatable bonds is 3. The maximum absolute atomic E-state index is 12.3. The molecule has 3 heterocycles. The Kier molecular flexibility index (Phi) is 4.54. The molecule has 2 saturated heterocycles. The van der Waals surface area contributed by atoms with Gasteiger partial charge in [-0.25, -0.2) is 4.98 Å². The third kappa shape index (κ3) is 3.60. The quantitative estimate of drug-likeness (QED) is 0.810. The summed E-state index contributed by atoms with van der Waals surface area (Å²) in [7, 11) is 0. The molecular formula is C14H22N4O2S. The molecule has 2 fully saturated rings. The van der Waals surface area contributed by atoms with Crippen molar-refractivity contribution in [2.75, 3.05) is 32.7 Å². The highest BCUT2D eigenvalue weighted by molar-refractivity contribution is 7.09. The van der Waals surface area contributed by atoms with Crippen molar-refractivity contribution in [3.63, 3.8) is 0 Å². The molecule has 3 rings (SSSR count). The van der Waals surface area contributed by atoms with Gasteiger partial charge in [-0.1, -0.05) is 0 Å². The lowest BCUT2D eigenvalue weighted by atomic mass is 10.1. The summed E-state index contributed by atoms with van der Waals surface area (Å²) >= 11 is 1.68. The van der Waals surface area contributed by atoms with Gasteiger partial charge in [-0.15, -0.1) is 11.3 Å². The first kappa shape index (κ1) is 14.9. The zero-order chi connectivity index (χ0) is 14.8. The average Bonchev–Trinajstić information content (AvgIpc) is 3.08. The van der Waals surface area contributed by atoms with Crippen LogP contribution in [0, 0.1) is 6.92 Å². The number of aliphatic hydroxyl groups is 1. The van der Waals surface area contributed by atoms with E-state index in [1.165, 1.54) is 0 Å². The van der Waals surface area contributed by atoms with Crippen LogP contribution in [0.15, 0.2) is 5.38 Å². The zero-order valence-electron chi connectivity index (χ0n) is 12.3. The number of nitrogens with one attached hydrogen (secondary N) is 1. The van der Waals surface area contributed by atoms with Gasteiger partial charge < -0.3 is 15.3 Å². The Morgan fingerprint density at radius 1 is 1.48 bits per heavy atom. The maximum atomic E-state index is 12.3. The molecule has 0 aliphatic carbocycles. The third-order valence-corrected chi connectivity index (χ3v) is 4.96. The second-order valence-corrected chi connectivity index (χ2v) is 6.87. The fraction of sp³-hybridized carbons (Fsp3) is 0.714. The van der Waals surface area contributed by atoms with Crippen molar-refractivity contribution in [3.8, 4) is 0 Å². The predicted molar refractivity (Wildman–Crippen MR) is 81.1 cm³/mol. The number of β-amino-alcohol motifs (C(OH)–C–C–N with tert-alkyl or cyclic N) is 1. The molecule has 6 nitrogen and oxygen atoms in total. The molecule has 2 atom stereocenters. The first-order chi connectivity index (χ1) is 10.1. The van der Waals surface area contributed by atoms with Crippen molar-refractivity contribution >= 4 is 17.2 Å². The molecule has 7 heteroatoms. The Labute approximate surface area is 128 Å². The molecule has 0 radical (unpaired) electrons. The minimum atomic E-state index is -0.381. The van der Waals surface area contributed by atoms with Gasteiger partial charge in [-0.2, -0.15) is 0 Å². The third-order valence-electron chi connectivity index (χ3n) is 4.14. The average molecular weight is 310 g/mol. The second kappa shape index (κ2) is 6.39. The van der Waals surface area contributed by atoms with E-state index in [1.54, 1.807) is 11.3 Å². The van der Waals surface area contributed by atoms with Gasteiger partial charge >= 0.3 is 0 Å². The first-order valence-corrected chi connectivity index (χ1v) is 8.33. The summed E-state index contributed by atoms with van der Waals surface area (Å²) in [5.74, 6) is 0.135. The van der Waals surface area contributed by atoms with Gasteiger partial charge in [0.2, 0.25) is 5.91 Å². The van der Waals surface area contributed by atoms with Gasteiger partial charge in [0.15, 0.2) is 0 Å². The highest BCUT2D eigenvalue weighted by atomic mass is 32.1. The standard InChI is InChI=1S/C14H22N4O2S/c1-10-16-11(9-21-10)8-17-2-4-18(5-3-17)14(20)13-6-12(19)7-15-13/h9,12-13,15,19H,2-8H2,1H3/t12-,13-/m0/s1. The van der Waals surface area contributed by atoms with E-state index in [2.05, 4.69) is 20.6 Å². The Bertz CT molecular complexity index is 499. The summed E-state index contributed by atoms with van der Waals surface area (Å²) in [6.07, 6.45) is 0.157. The van der Waals surface area contributed by atoms with Gasteiger partial charge in [0.05, 0.1) is 22.8 Å². The SMILES string of the molecule is Cc1nc(CN2CCN(C(=O)[C@@H]3C[C@H](O)CN3)CC2)cs1. The summed E-state index contributed by atoms with van der Waals surface area (Å²) < 4.78 is 0. The number of carbonyl (C=O) groups excluding carboxylic acids is 1. The van der Waals surface area contributed by atoms with E-state index in [-0.39, 0.29) is 18.1 Å². The highest BCUT2D eigenvalue weighted by Gasteiger charge is 2.32. The van der Waals surface area contributed by atoms with Gasteiger partial charge in [0.1, 0.15) is 0 Å². The normalized spacial score (nSPS) is 27.2. The lowest BCUT2D eigenvalue weighted by molar-refractivity contribution is -0.135. The van der Waals surface area contributed by atoms with E-state index in [0.29, 0.717) is 13.0 Å². The van der Waals surface area contributed by atoms with Crippen molar-refractivity contribution in [2.45, 2.75) is 32.0 Å². The van der Waals surface area contributed by atoms with Crippen LogP contribution in [0.1, 0.15) is 17.1 Å². The number of amides is 1. The molecule has 2 N–H and O–H groups in total. The van der Waals surface area contributed by atoms with Crippen LogP contribution in [-0.4, -0.2) is 70.7 Å². The van der Waals surface area contributed by atoms with Crippen molar-refractivity contribution in [3.05, 3.63) is 16.1 Å². The van der Waals surface area contributed by atoms with Gasteiger partial charge in [0, 0.05) is 44.6 Å². The van der Waals surface area contributed by atoms with Crippen LogP contribution >= 0.6 is 11.3 Å². The van der Waals surface area contributed by atoms with Crippen LogP contribution in [0.2, 0.25) is 0 Å². The van der Waals surface area contributed by atoms with E-state index in [9.17, 15) is 9.90 Å². The van der Waals surface area contributed by atoms with Gasteiger partial charge in [0.25, 0.3) is 0 Å². The maximum Gasteiger partial charge on any atom is 0.239 e. The molecule has 0 unspecified atom stereocenters. The van der Waals surface area contributed by atoms with E-state index >= 15 is 0 Å². The summed E-state index contributed by atoms with van der Waals surface area (Å²) in [5, 5.41) is 15.8. The molecule has 0 aromatic carbocycles. The number of hydrogen-bond donors (Lipinski definition) is 2. The Hall–Kier alpha value is -1.02. The van der Waals surface area contributed by atoms with Crippen LogP contribution in [0.5, 0.6) is 0 Å². The number of nitrogens with zero attached hydrogens (tertiary/aromatic N) is 3. The number of aryl methyl sites for hydroxylation is 1. The number of hydrogen-bond acceptors (Lipinski definition) is 6. The fourth-order valence-corrected chi connectivity index (χ4v) is 3.57. The molecule has 1 aromatic rings. The molecule has 0 spiro atoms. The van der Waals surface area contributed by atoms with Crippen molar-refractivity contribution in [2.24, 2.45) is 0 Å². The number of aliphatic hydroxyl groups excluding tert-OH is 1. The van der Waals surface area contributed by atoms with Crippen molar-refractivity contribution in [1.29, 1.82) is 0 Å². The topological polar surface area (TPSA) is 68.7 Å². The van der Waals surface area contributed by atoms with E-state index in [0.717, 1.165) is 43.4 Å². The molecule has 2 aliphatic heterocycles. The zero-order valence-corrected chi connectivity index (χ0v) is 13.1. The van der Waals surface area contributed by atoms with Crippen molar-refractivity contribution in [1.82, 2.24) is 20.1 Å². The lowest BCUT2D eigenvalue weighted by Crippen LogP contribution is -2.52. The lowest BCUT2D eigenvalue weighted by Gasteiger charge is -2.35. The Morgan fingerprint density at radius 2 is 2.24 bits per heavy atom. The Balaban J connectivity index is 1.47. The summed E-state index contributed by atoms with van der Waals surface area (Å²) in [4.78, 5) is 21.1. The van der Waals surface area contributed by atoms with Crippen LogP contribution < -0.4 is 5.32 Å².